The minimum Gasteiger partial charge on any atom is -0.454 e. The molecule has 214 valence electrons. The lowest BCUT2D eigenvalue weighted by Gasteiger charge is -2.31. The second-order valence-corrected chi connectivity index (χ2v) is 10.7. The van der Waals surface area contributed by atoms with Gasteiger partial charge in [-0.25, -0.2) is 9.97 Å². The molecule has 0 saturated heterocycles. The number of amides is 2. The summed E-state index contributed by atoms with van der Waals surface area (Å²) < 4.78 is 22.0. The largest absolute Gasteiger partial charge is 0.454 e. The van der Waals surface area contributed by atoms with Gasteiger partial charge in [0, 0.05) is 29.7 Å². The smallest absolute Gasteiger partial charge is 0.251 e. The van der Waals surface area contributed by atoms with Crippen LogP contribution in [0.5, 0.6) is 23.0 Å². The molecule has 0 fully saturated rings. The molecular weight excluding hydrogens is 556 g/mol. The molecule has 0 saturated carbocycles. The van der Waals surface area contributed by atoms with Crippen molar-refractivity contribution in [3.63, 3.8) is 0 Å². The van der Waals surface area contributed by atoms with Crippen LogP contribution in [0.15, 0.2) is 78.0 Å². The van der Waals surface area contributed by atoms with Crippen LogP contribution in [0.2, 0.25) is 0 Å². The summed E-state index contributed by atoms with van der Waals surface area (Å²) in [7, 11) is 0. The van der Waals surface area contributed by atoms with Crippen molar-refractivity contribution in [1.82, 2.24) is 14.9 Å². The summed E-state index contributed by atoms with van der Waals surface area (Å²) in [6.45, 7) is 4.18. The number of benzene rings is 3. The number of hydrogen-bond donors (Lipinski definition) is 1. The van der Waals surface area contributed by atoms with Gasteiger partial charge in [0.05, 0.1) is 5.75 Å². The van der Waals surface area contributed by atoms with Crippen LogP contribution in [0, 0.1) is 13.8 Å². The molecule has 2 aliphatic rings. The first-order chi connectivity index (χ1) is 20.4. The number of aryl methyl sites for hydroxylation is 2. The number of rotatable bonds is 9. The Kier molecular flexibility index (Phi) is 7.83. The first-order valence-corrected chi connectivity index (χ1v) is 14.3. The maximum Gasteiger partial charge on any atom is 0.251 e. The van der Waals surface area contributed by atoms with E-state index >= 15 is 0 Å². The van der Waals surface area contributed by atoms with E-state index in [0.29, 0.717) is 39.4 Å². The number of nitrogens with zero attached hydrogens (tertiary/aromatic N) is 3. The highest BCUT2D eigenvalue weighted by atomic mass is 32.2. The quantitative estimate of drug-likeness (QED) is 0.213. The molecule has 3 aromatic carbocycles. The average Bonchev–Trinajstić information content (AvgIpc) is 3.65. The third kappa shape index (κ3) is 6.10. The molecule has 0 spiro atoms. The summed E-state index contributed by atoms with van der Waals surface area (Å²) >= 11 is 1.24. The SMILES string of the molecule is Cc1cc(C)nc(SCC(=O)N(Cc2ccccc2)C(C(=O)Nc2ccc3c(c2)OCO3)c2ccc3c(c2)OCO3)n1. The van der Waals surface area contributed by atoms with Crippen molar-refractivity contribution in [3.05, 3.63) is 95.3 Å². The Balaban J connectivity index is 1.35. The van der Waals surface area contributed by atoms with Crippen molar-refractivity contribution in [3.8, 4) is 23.0 Å². The van der Waals surface area contributed by atoms with E-state index in [1.807, 2.05) is 50.2 Å². The normalized spacial score (nSPS) is 13.5. The maximum absolute atomic E-state index is 14.1. The molecule has 1 atom stereocenters. The van der Waals surface area contributed by atoms with Gasteiger partial charge in [-0.05, 0) is 55.3 Å². The van der Waals surface area contributed by atoms with Crippen molar-refractivity contribution in [2.75, 3.05) is 24.7 Å². The number of ether oxygens (including phenoxy) is 4. The molecular formula is C31H28N4O6S. The molecule has 2 amide bonds. The lowest BCUT2D eigenvalue weighted by Crippen LogP contribution is -2.41. The van der Waals surface area contributed by atoms with Gasteiger partial charge in [-0.15, -0.1) is 0 Å². The standard InChI is InChI=1S/C31H28N4O6S/c1-19-12-20(2)33-31(32-19)42-16-28(36)35(15-21-6-4-3-5-7-21)29(22-8-10-24-26(13-22)40-17-38-24)30(37)34-23-9-11-25-27(14-23)41-18-39-25/h3-14,29H,15-18H2,1-2H3,(H,34,37). The van der Waals surface area contributed by atoms with Crippen molar-refractivity contribution < 1.29 is 28.5 Å². The van der Waals surface area contributed by atoms with Crippen molar-refractivity contribution >= 4 is 29.3 Å². The van der Waals surface area contributed by atoms with Crippen molar-refractivity contribution in [2.45, 2.75) is 31.6 Å². The Bertz CT molecular complexity index is 1610. The topological polar surface area (TPSA) is 112 Å². The maximum atomic E-state index is 14.1. The fraction of sp³-hybridized carbons (Fsp3) is 0.226. The summed E-state index contributed by atoms with van der Waals surface area (Å²) in [6, 6.07) is 20.9. The van der Waals surface area contributed by atoms with E-state index in [-0.39, 0.29) is 31.8 Å². The fourth-order valence-corrected chi connectivity index (χ4v) is 5.65. The zero-order valence-corrected chi connectivity index (χ0v) is 23.8. The summed E-state index contributed by atoms with van der Waals surface area (Å²) in [5, 5.41) is 3.48. The molecule has 0 bridgehead atoms. The van der Waals surface area contributed by atoms with Gasteiger partial charge in [-0.2, -0.15) is 0 Å². The van der Waals surface area contributed by atoms with E-state index in [1.54, 1.807) is 41.3 Å². The number of hydrogen-bond acceptors (Lipinski definition) is 9. The van der Waals surface area contributed by atoms with Crippen LogP contribution in [0.3, 0.4) is 0 Å². The van der Waals surface area contributed by atoms with E-state index in [9.17, 15) is 9.59 Å². The third-order valence-corrected chi connectivity index (χ3v) is 7.55. The van der Waals surface area contributed by atoms with Crippen LogP contribution in [0.25, 0.3) is 0 Å². The van der Waals surface area contributed by atoms with Gasteiger partial charge in [0.1, 0.15) is 6.04 Å². The number of carbonyl (C=O) groups excluding carboxylic acids is 2. The van der Waals surface area contributed by atoms with E-state index in [1.165, 1.54) is 11.8 Å². The van der Waals surface area contributed by atoms with Crippen molar-refractivity contribution in [1.29, 1.82) is 0 Å². The molecule has 3 heterocycles. The fourth-order valence-electron chi connectivity index (χ4n) is 4.81. The zero-order valence-electron chi connectivity index (χ0n) is 23.0. The Morgan fingerprint density at radius 3 is 2.19 bits per heavy atom. The highest BCUT2D eigenvalue weighted by Gasteiger charge is 2.33. The molecule has 1 unspecified atom stereocenters. The molecule has 42 heavy (non-hydrogen) atoms. The summed E-state index contributed by atoms with van der Waals surface area (Å²) in [5.74, 6) is 1.62. The Morgan fingerprint density at radius 2 is 1.48 bits per heavy atom. The number of nitrogens with one attached hydrogen (secondary N) is 1. The minimum absolute atomic E-state index is 0.0358. The Morgan fingerprint density at radius 1 is 0.833 bits per heavy atom. The zero-order chi connectivity index (χ0) is 29.1. The predicted molar refractivity (Wildman–Crippen MR) is 156 cm³/mol. The van der Waals surface area contributed by atoms with Gasteiger partial charge >= 0.3 is 0 Å². The van der Waals surface area contributed by atoms with Crippen molar-refractivity contribution in [2.24, 2.45) is 0 Å². The van der Waals surface area contributed by atoms with E-state index in [4.69, 9.17) is 18.9 Å². The summed E-state index contributed by atoms with van der Waals surface area (Å²) in [6.07, 6.45) is 0. The molecule has 0 radical (unpaired) electrons. The number of thioether (sulfide) groups is 1. The van der Waals surface area contributed by atoms with Gasteiger partial charge < -0.3 is 29.2 Å². The first kappa shape index (κ1) is 27.4. The van der Waals surface area contributed by atoms with Crippen LogP contribution in [0.1, 0.15) is 28.6 Å². The first-order valence-electron chi connectivity index (χ1n) is 13.3. The lowest BCUT2D eigenvalue weighted by molar-refractivity contribution is -0.137. The van der Waals surface area contributed by atoms with E-state index in [2.05, 4.69) is 15.3 Å². The van der Waals surface area contributed by atoms with Crippen LogP contribution in [-0.2, 0) is 16.1 Å². The molecule has 2 aliphatic heterocycles. The van der Waals surface area contributed by atoms with Crippen LogP contribution in [0.4, 0.5) is 5.69 Å². The molecule has 10 nitrogen and oxygen atoms in total. The lowest BCUT2D eigenvalue weighted by atomic mass is 10.0. The summed E-state index contributed by atoms with van der Waals surface area (Å²) in [4.78, 5) is 38.7. The van der Waals surface area contributed by atoms with Gasteiger partial charge in [0.25, 0.3) is 5.91 Å². The van der Waals surface area contributed by atoms with Crippen LogP contribution < -0.4 is 24.3 Å². The minimum atomic E-state index is -1.00. The molecule has 6 rings (SSSR count). The second-order valence-electron chi connectivity index (χ2n) is 9.80. The number of fused-ring (bicyclic) bond motifs is 2. The monoisotopic (exact) mass is 584 g/mol. The van der Waals surface area contributed by atoms with Gasteiger partial charge in [-0.3, -0.25) is 9.59 Å². The third-order valence-electron chi connectivity index (χ3n) is 6.72. The highest BCUT2D eigenvalue weighted by molar-refractivity contribution is 7.99. The number of carbonyl (C=O) groups is 2. The van der Waals surface area contributed by atoms with E-state index in [0.717, 1.165) is 17.0 Å². The molecule has 1 aromatic heterocycles. The second kappa shape index (κ2) is 12.0. The summed E-state index contributed by atoms with van der Waals surface area (Å²) in [5.41, 5.74) is 3.61. The molecule has 11 heteroatoms. The number of anilines is 1. The van der Waals surface area contributed by atoms with Gasteiger partial charge in [0.2, 0.25) is 19.5 Å². The molecule has 4 aromatic rings. The number of aromatic nitrogens is 2. The Hall–Kier alpha value is -4.77. The van der Waals surface area contributed by atoms with Crippen LogP contribution in [-0.4, -0.2) is 46.0 Å². The average molecular weight is 585 g/mol. The van der Waals surface area contributed by atoms with Gasteiger partial charge in [0.15, 0.2) is 28.2 Å². The van der Waals surface area contributed by atoms with Crippen LogP contribution >= 0.6 is 11.8 Å². The molecule has 0 aliphatic carbocycles. The molecule has 1 N–H and O–H groups in total. The predicted octanol–water partition coefficient (Wildman–Crippen LogP) is 5.05. The van der Waals surface area contributed by atoms with Gasteiger partial charge in [-0.1, -0.05) is 48.2 Å². The highest BCUT2D eigenvalue weighted by Crippen LogP contribution is 2.38. The van der Waals surface area contributed by atoms with E-state index < -0.39 is 11.9 Å². The Labute approximate surface area is 247 Å².